The molecule has 2 aromatic rings. The third kappa shape index (κ3) is 0.869. The molecule has 5 rings (SSSR count). The van der Waals surface area contributed by atoms with Gasteiger partial charge in [-0.2, -0.15) is 0 Å². The second kappa shape index (κ2) is 3.03. The first kappa shape index (κ1) is 11.8. The van der Waals surface area contributed by atoms with Crippen LogP contribution in [0.15, 0.2) is 31.3 Å². The molecule has 22 heavy (non-hydrogen) atoms. The third-order valence-corrected chi connectivity index (χ3v) is 5.18. The number of rotatable bonds is 0. The highest BCUT2D eigenvalue weighted by Crippen LogP contribution is 2.53. The van der Waals surface area contributed by atoms with Gasteiger partial charge in [-0.25, -0.2) is 47.0 Å². The van der Waals surface area contributed by atoms with Crippen LogP contribution in [0.25, 0.3) is 0 Å². The highest BCUT2D eigenvalue weighted by Gasteiger charge is 2.62. The third-order valence-electron chi connectivity index (χ3n) is 5.18. The molecular formula is C12H12N6O4. The van der Waals surface area contributed by atoms with Crippen molar-refractivity contribution >= 4 is 0 Å². The summed E-state index contributed by atoms with van der Waals surface area (Å²) in [7, 11) is 2.85. The summed E-state index contributed by atoms with van der Waals surface area (Å²) in [5, 5.41) is 0. The maximum Gasteiger partial charge on any atom is 0.347 e. The second-order valence-electron chi connectivity index (χ2n) is 6.09. The van der Waals surface area contributed by atoms with E-state index >= 15 is 0 Å². The number of allylic oxidation sites excluding steroid dienone is 2. The molecule has 0 aromatic carbocycles. The van der Waals surface area contributed by atoms with E-state index in [4.69, 9.17) is 0 Å². The molecule has 3 atom stereocenters. The van der Waals surface area contributed by atoms with Crippen molar-refractivity contribution in [3.63, 3.8) is 0 Å². The Morgan fingerprint density at radius 1 is 0.955 bits per heavy atom. The zero-order chi connectivity index (χ0) is 15.5. The molecule has 0 N–H and O–H groups in total. The molecule has 2 bridgehead atoms. The van der Waals surface area contributed by atoms with E-state index in [0.29, 0.717) is 0 Å². The first-order chi connectivity index (χ1) is 10.4. The lowest BCUT2D eigenvalue weighted by atomic mass is 9.95. The van der Waals surface area contributed by atoms with E-state index in [9.17, 15) is 19.2 Å². The summed E-state index contributed by atoms with van der Waals surface area (Å²) < 4.78 is 7.61. The minimum absolute atomic E-state index is 0.170. The first-order valence-corrected chi connectivity index (χ1v) is 6.89. The van der Waals surface area contributed by atoms with Crippen LogP contribution < -0.4 is 22.8 Å². The van der Waals surface area contributed by atoms with Crippen molar-refractivity contribution < 1.29 is 0 Å². The summed E-state index contributed by atoms with van der Waals surface area (Å²) in [5.74, 6) is 0. The molecule has 0 saturated heterocycles. The number of nitrogens with zero attached hydrogens (tertiary/aromatic N) is 6. The Morgan fingerprint density at radius 2 is 1.59 bits per heavy atom. The number of hydrogen-bond donors (Lipinski definition) is 0. The molecule has 0 amide bonds. The van der Waals surface area contributed by atoms with Crippen LogP contribution in [-0.2, 0) is 26.2 Å². The van der Waals surface area contributed by atoms with Gasteiger partial charge in [-0.3, -0.25) is 0 Å². The molecular weight excluding hydrogens is 292 g/mol. The lowest BCUT2D eigenvalue weighted by Crippen LogP contribution is -2.43. The van der Waals surface area contributed by atoms with Gasteiger partial charge in [0.05, 0.1) is 12.6 Å². The van der Waals surface area contributed by atoms with Gasteiger partial charge < -0.3 is 0 Å². The van der Waals surface area contributed by atoms with Crippen molar-refractivity contribution in [2.24, 2.45) is 14.1 Å². The van der Waals surface area contributed by atoms with Crippen LogP contribution in [0.1, 0.15) is 12.1 Å². The fourth-order valence-electron chi connectivity index (χ4n) is 4.20. The maximum atomic E-state index is 12.4. The summed E-state index contributed by atoms with van der Waals surface area (Å²) >= 11 is 0. The number of fused-ring (bicyclic) bond motifs is 3. The lowest BCUT2D eigenvalue weighted by molar-refractivity contribution is 0.306. The molecule has 10 heteroatoms. The average Bonchev–Trinajstić information content (AvgIpc) is 3.19. The molecule has 0 unspecified atom stereocenters. The van der Waals surface area contributed by atoms with Gasteiger partial charge in [0.1, 0.15) is 11.6 Å². The monoisotopic (exact) mass is 304 g/mol. The van der Waals surface area contributed by atoms with Crippen molar-refractivity contribution in [3.8, 4) is 0 Å². The van der Waals surface area contributed by atoms with Gasteiger partial charge in [-0.1, -0.05) is 12.2 Å². The maximum absolute atomic E-state index is 12.4. The molecule has 4 heterocycles. The van der Waals surface area contributed by atoms with E-state index in [1.54, 1.807) is 0 Å². The SMILES string of the molecule is Cn1c(=O)n2n(c1=O)[C@@H]1[C@@H]3C=C[C@@]1(C2)n1c(=O)n(C)c(=O)n13. The molecule has 10 nitrogen and oxygen atoms in total. The zero-order valence-corrected chi connectivity index (χ0v) is 11.8. The largest absolute Gasteiger partial charge is 0.347 e. The predicted octanol–water partition coefficient (Wildman–Crippen LogP) is -2.91. The average molecular weight is 304 g/mol. The van der Waals surface area contributed by atoms with Crippen LogP contribution >= 0.6 is 0 Å². The molecule has 0 fully saturated rings. The van der Waals surface area contributed by atoms with E-state index < -0.39 is 40.4 Å². The number of hydrogen-bond acceptors (Lipinski definition) is 4. The van der Waals surface area contributed by atoms with Gasteiger partial charge in [-0.15, -0.1) is 0 Å². The van der Waals surface area contributed by atoms with E-state index in [-0.39, 0.29) is 6.54 Å². The van der Waals surface area contributed by atoms with Crippen LogP contribution in [0.3, 0.4) is 0 Å². The van der Waals surface area contributed by atoms with Gasteiger partial charge >= 0.3 is 22.8 Å². The summed E-state index contributed by atoms with van der Waals surface area (Å²) in [6.07, 6.45) is 3.67. The molecule has 0 radical (unpaired) electrons. The van der Waals surface area contributed by atoms with Crippen molar-refractivity contribution in [1.29, 1.82) is 0 Å². The summed E-state index contributed by atoms with van der Waals surface area (Å²) in [5.41, 5.74) is -2.54. The normalized spacial score (nSPS) is 29.9. The van der Waals surface area contributed by atoms with Crippen LogP contribution in [0, 0.1) is 0 Å². The summed E-state index contributed by atoms with van der Waals surface area (Å²) in [6.45, 7) is 0.170. The van der Waals surface area contributed by atoms with Gasteiger partial charge in [0.25, 0.3) is 0 Å². The smallest absolute Gasteiger partial charge is 0.246 e. The Bertz CT molecular complexity index is 1130. The van der Waals surface area contributed by atoms with E-state index in [1.807, 2.05) is 12.2 Å². The Hall–Kier alpha value is -2.78. The molecule has 2 aromatic heterocycles. The Labute approximate surface area is 121 Å². The topological polar surface area (TPSA) is 97.9 Å². The predicted molar refractivity (Wildman–Crippen MR) is 73.1 cm³/mol. The fraction of sp³-hybridized carbons (Fsp3) is 0.500. The van der Waals surface area contributed by atoms with Crippen molar-refractivity contribution in [1.82, 2.24) is 27.9 Å². The van der Waals surface area contributed by atoms with Crippen LogP contribution in [-0.4, -0.2) is 27.9 Å². The second-order valence-corrected chi connectivity index (χ2v) is 6.09. The molecule has 0 saturated carbocycles. The van der Waals surface area contributed by atoms with E-state index in [2.05, 4.69) is 0 Å². The quantitative estimate of drug-likeness (QED) is 0.487. The van der Waals surface area contributed by atoms with E-state index in [1.165, 1.54) is 32.8 Å². The standard InChI is InChI=1S/C12H12N6O4/c1-13-8(19)15-5-12-4-3-6(7(12)17(15)10(13)21)16-9(20)14(2)11(22)18(12)16/h3-4,6-7H,5H2,1-2H3/t6-,7+,12-/m0/s1. The Balaban J connectivity index is 1.92. The minimum Gasteiger partial charge on any atom is -0.246 e. The van der Waals surface area contributed by atoms with Gasteiger partial charge in [0.2, 0.25) is 0 Å². The summed E-state index contributed by atoms with van der Waals surface area (Å²) in [6, 6.07) is -0.884. The van der Waals surface area contributed by atoms with Gasteiger partial charge in [0.15, 0.2) is 0 Å². The molecule has 1 aliphatic carbocycles. The van der Waals surface area contributed by atoms with Crippen LogP contribution in [0.2, 0.25) is 0 Å². The van der Waals surface area contributed by atoms with Crippen LogP contribution in [0.4, 0.5) is 0 Å². The van der Waals surface area contributed by atoms with Crippen molar-refractivity contribution in [3.05, 3.63) is 54.1 Å². The molecule has 0 spiro atoms. The van der Waals surface area contributed by atoms with Crippen LogP contribution in [0.5, 0.6) is 0 Å². The Morgan fingerprint density at radius 3 is 2.32 bits per heavy atom. The highest BCUT2D eigenvalue weighted by molar-refractivity contribution is 5.28. The fourth-order valence-corrected chi connectivity index (χ4v) is 4.20. The molecule has 3 aliphatic rings. The van der Waals surface area contributed by atoms with Crippen molar-refractivity contribution in [2.75, 3.05) is 0 Å². The zero-order valence-electron chi connectivity index (χ0n) is 11.8. The first-order valence-electron chi connectivity index (χ1n) is 6.89. The molecule has 114 valence electrons. The summed E-state index contributed by atoms with van der Waals surface area (Å²) in [4.78, 5) is 49.2. The van der Waals surface area contributed by atoms with Gasteiger partial charge in [0, 0.05) is 14.1 Å². The minimum atomic E-state index is -0.852. The Kier molecular flexibility index (Phi) is 1.63. The van der Waals surface area contributed by atoms with E-state index in [0.717, 1.165) is 9.13 Å². The molecule has 2 aliphatic heterocycles. The lowest BCUT2D eigenvalue weighted by Gasteiger charge is -2.22. The van der Waals surface area contributed by atoms with Crippen molar-refractivity contribution in [2.45, 2.75) is 24.2 Å². The van der Waals surface area contributed by atoms with Gasteiger partial charge in [-0.05, 0) is 0 Å². The highest BCUT2D eigenvalue weighted by atomic mass is 16.2. The number of aromatic nitrogens is 6.